The van der Waals surface area contributed by atoms with Gasteiger partial charge in [0.25, 0.3) is 11.8 Å². The molecule has 8 rings (SSSR count). The van der Waals surface area contributed by atoms with Crippen LogP contribution in [0.15, 0.2) is 60.8 Å². The van der Waals surface area contributed by atoms with Crippen molar-refractivity contribution in [2.45, 2.75) is 87.8 Å². The molecule has 7 heteroatoms. The summed E-state index contributed by atoms with van der Waals surface area (Å²) in [6.45, 7) is 4.66. The molecule has 6 aliphatic rings. The van der Waals surface area contributed by atoms with E-state index in [4.69, 9.17) is 0 Å². The van der Waals surface area contributed by atoms with Gasteiger partial charge in [0.15, 0.2) is 0 Å². The highest BCUT2D eigenvalue weighted by Crippen LogP contribution is 2.81. The van der Waals surface area contributed by atoms with Gasteiger partial charge in [-0.1, -0.05) is 61.9 Å². The Kier molecular flexibility index (Phi) is 5.97. The number of nitrogens with zero attached hydrogens (tertiary/aromatic N) is 1. The molecule has 40 heavy (non-hydrogen) atoms. The van der Waals surface area contributed by atoms with E-state index in [1.165, 1.54) is 5.56 Å². The number of alkyl halides is 2. The Balaban J connectivity index is 1.00. The summed E-state index contributed by atoms with van der Waals surface area (Å²) >= 11 is 0. The lowest BCUT2D eigenvalue weighted by atomic mass is 9.30. The molecular weight excluding hydrogens is 508 g/mol. The molecule has 2 N–H and O–H groups in total. The zero-order chi connectivity index (χ0) is 27.7. The smallest absolute Gasteiger partial charge is 0.264 e. The minimum Gasteiger partial charge on any atom is -0.329 e. The summed E-state index contributed by atoms with van der Waals surface area (Å²) in [7, 11) is 0. The molecule has 2 amide bonds. The van der Waals surface area contributed by atoms with E-state index < -0.39 is 22.8 Å². The number of hydrogen-bond donors (Lipinski definition) is 2. The zero-order valence-electron chi connectivity index (χ0n) is 22.9. The summed E-state index contributed by atoms with van der Waals surface area (Å²) in [4.78, 5) is 27.3. The second-order valence-corrected chi connectivity index (χ2v) is 13.0. The Morgan fingerprint density at radius 2 is 1.80 bits per heavy atom. The van der Waals surface area contributed by atoms with Crippen molar-refractivity contribution in [1.29, 1.82) is 0 Å². The number of piperidine rings is 1. The lowest BCUT2D eigenvalue weighted by Gasteiger charge is -2.76. The van der Waals surface area contributed by atoms with Crippen LogP contribution in [0.4, 0.5) is 8.78 Å². The van der Waals surface area contributed by atoms with Gasteiger partial charge in [0.1, 0.15) is 6.04 Å². The molecule has 5 fully saturated rings. The first-order valence-corrected chi connectivity index (χ1v) is 14.8. The maximum atomic E-state index is 15.4. The summed E-state index contributed by atoms with van der Waals surface area (Å²) in [5.41, 5.74) is 2.42. The van der Waals surface area contributed by atoms with Gasteiger partial charge in [-0.25, -0.2) is 8.78 Å². The number of nitrogens with one attached hydrogen (secondary N) is 2. The van der Waals surface area contributed by atoms with Crippen LogP contribution in [0.25, 0.3) is 0 Å². The van der Waals surface area contributed by atoms with E-state index in [9.17, 15) is 9.59 Å². The van der Waals surface area contributed by atoms with Crippen LogP contribution in [0.5, 0.6) is 0 Å². The number of fused-ring (bicyclic) bond motifs is 1. The van der Waals surface area contributed by atoms with E-state index in [1.54, 1.807) is 4.90 Å². The summed E-state index contributed by atoms with van der Waals surface area (Å²) in [6, 6.07) is 15.1. The largest absolute Gasteiger partial charge is 0.329 e. The SMILES string of the molecule is C=C1CCC(N2Cc3cc(C[C@H]4CCCC[C@@H]4NCC45CC(c6ccccc6)(C4)C5(F)F)ccc3C2=O)C(=O)N1. The molecule has 2 aromatic carbocycles. The second kappa shape index (κ2) is 9.23. The van der Waals surface area contributed by atoms with E-state index in [0.717, 1.165) is 43.2 Å². The van der Waals surface area contributed by atoms with E-state index in [0.29, 0.717) is 56.0 Å². The average Bonchev–Trinajstić information content (AvgIpc) is 3.24. The summed E-state index contributed by atoms with van der Waals surface area (Å²) < 4.78 is 30.9. The van der Waals surface area contributed by atoms with Gasteiger partial charge in [0, 0.05) is 35.8 Å². The quantitative estimate of drug-likeness (QED) is 0.484. The highest BCUT2D eigenvalue weighted by atomic mass is 19.3. The van der Waals surface area contributed by atoms with Gasteiger partial charge in [-0.15, -0.1) is 0 Å². The highest BCUT2D eigenvalue weighted by molar-refractivity contribution is 6.01. The third-order valence-corrected chi connectivity index (χ3v) is 10.7. The fourth-order valence-electron chi connectivity index (χ4n) is 8.41. The number of amides is 2. The van der Waals surface area contributed by atoms with Gasteiger partial charge in [0.2, 0.25) is 5.91 Å². The molecular formula is C33H37F2N3O2. The molecule has 210 valence electrons. The van der Waals surface area contributed by atoms with Crippen LogP contribution in [0.1, 0.15) is 78.4 Å². The fraction of sp³-hybridized carbons (Fsp3) is 0.515. The number of allylic oxidation sites excluding steroid dienone is 1. The number of benzene rings is 2. The van der Waals surface area contributed by atoms with Crippen LogP contribution in [0.2, 0.25) is 0 Å². The van der Waals surface area contributed by atoms with E-state index >= 15 is 8.78 Å². The molecule has 2 bridgehead atoms. The molecule has 3 atom stereocenters. The van der Waals surface area contributed by atoms with Gasteiger partial charge in [0.05, 0.1) is 5.41 Å². The Labute approximate surface area is 234 Å². The van der Waals surface area contributed by atoms with E-state index in [1.807, 2.05) is 42.5 Å². The molecule has 2 heterocycles. The van der Waals surface area contributed by atoms with Crippen molar-refractivity contribution in [3.8, 4) is 0 Å². The van der Waals surface area contributed by atoms with Crippen LogP contribution in [-0.4, -0.2) is 41.3 Å². The molecule has 4 saturated carbocycles. The van der Waals surface area contributed by atoms with Gasteiger partial charge in [-0.05, 0) is 73.6 Å². The Morgan fingerprint density at radius 1 is 1.02 bits per heavy atom. The van der Waals surface area contributed by atoms with Crippen molar-refractivity contribution in [2.24, 2.45) is 11.3 Å². The van der Waals surface area contributed by atoms with Crippen LogP contribution in [0, 0.1) is 11.3 Å². The van der Waals surface area contributed by atoms with Gasteiger partial charge in [-0.2, -0.15) is 0 Å². The highest BCUT2D eigenvalue weighted by Gasteiger charge is 2.88. The topological polar surface area (TPSA) is 61.4 Å². The van der Waals surface area contributed by atoms with Crippen molar-refractivity contribution in [1.82, 2.24) is 15.5 Å². The number of carbonyl (C=O) groups is 2. The maximum absolute atomic E-state index is 15.4. The summed E-state index contributed by atoms with van der Waals surface area (Å²) in [6.07, 6.45) is 7.61. The summed E-state index contributed by atoms with van der Waals surface area (Å²) in [5.74, 6) is -2.53. The molecule has 2 aromatic rings. The van der Waals surface area contributed by atoms with Crippen molar-refractivity contribution in [3.05, 3.63) is 83.1 Å². The molecule has 0 spiro atoms. The Bertz CT molecular complexity index is 1370. The number of carbonyl (C=O) groups excluding carboxylic acids is 2. The van der Waals surface area contributed by atoms with Crippen molar-refractivity contribution < 1.29 is 18.4 Å². The monoisotopic (exact) mass is 545 g/mol. The molecule has 1 unspecified atom stereocenters. The fourth-order valence-corrected chi connectivity index (χ4v) is 8.41. The van der Waals surface area contributed by atoms with Gasteiger partial charge in [-0.3, -0.25) is 9.59 Å². The van der Waals surface area contributed by atoms with Crippen molar-refractivity contribution in [3.63, 3.8) is 0 Å². The average molecular weight is 546 g/mol. The molecule has 4 aliphatic carbocycles. The first kappa shape index (κ1) is 25.9. The molecule has 2 aliphatic heterocycles. The molecule has 0 radical (unpaired) electrons. The predicted octanol–water partition coefficient (Wildman–Crippen LogP) is 5.49. The lowest BCUT2D eigenvalue weighted by molar-refractivity contribution is -0.368. The van der Waals surface area contributed by atoms with Crippen LogP contribution < -0.4 is 10.6 Å². The Hall–Kier alpha value is -3.06. The standard InChI is InChI=1S/C33H37F2N3O2/c1-21-11-14-28(29(39)37-21)38-17-24-16-22(12-13-26(24)30(38)40)15-23-7-5-6-10-27(23)36-20-31-18-32(19-31,33(31,34)35)25-8-3-2-4-9-25/h2-4,8-9,12-13,16,23,27-28,36H,1,5-7,10-11,14-15,17-20H2,(H,37,39)/t23-,27+,28?,31?,32?/m1/s1. The minimum atomic E-state index is -2.67. The van der Waals surface area contributed by atoms with Crippen molar-refractivity contribution in [2.75, 3.05) is 6.54 Å². The molecule has 0 aromatic heterocycles. The van der Waals surface area contributed by atoms with Gasteiger partial charge >= 0.3 is 0 Å². The minimum absolute atomic E-state index is 0.0841. The maximum Gasteiger partial charge on any atom is 0.264 e. The first-order valence-electron chi connectivity index (χ1n) is 14.8. The van der Waals surface area contributed by atoms with Crippen LogP contribution in [0.3, 0.4) is 0 Å². The molecule has 1 saturated heterocycles. The zero-order valence-corrected chi connectivity index (χ0v) is 22.9. The third kappa shape index (κ3) is 3.73. The van der Waals surface area contributed by atoms with E-state index in [-0.39, 0.29) is 17.9 Å². The Morgan fingerprint density at radius 3 is 2.55 bits per heavy atom. The van der Waals surface area contributed by atoms with Gasteiger partial charge < -0.3 is 15.5 Å². The number of halogens is 2. The normalized spacial score (nSPS) is 34.1. The van der Waals surface area contributed by atoms with E-state index in [2.05, 4.69) is 23.3 Å². The van der Waals surface area contributed by atoms with Crippen LogP contribution in [-0.2, 0) is 23.2 Å². The number of rotatable bonds is 7. The lowest BCUT2D eigenvalue weighted by Crippen LogP contribution is -2.83. The van der Waals surface area contributed by atoms with Crippen LogP contribution >= 0.6 is 0 Å². The molecule has 5 nitrogen and oxygen atoms in total. The predicted molar refractivity (Wildman–Crippen MR) is 149 cm³/mol. The third-order valence-electron chi connectivity index (χ3n) is 10.7. The number of hydrogen-bond acceptors (Lipinski definition) is 3. The van der Waals surface area contributed by atoms with Crippen molar-refractivity contribution >= 4 is 11.8 Å². The second-order valence-electron chi connectivity index (χ2n) is 13.0. The summed E-state index contributed by atoms with van der Waals surface area (Å²) in [5, 5.41) is 6.41. The first-order chi connectivity index (χ1) is 19.2.